The first-order valence-corrected chi connectivity index (χ1v) is 14.0. The molecular weight excluding hydrogens is 513 g/mol. The van der Waals surface area contributed by atoms with Crippen molar-refractivity contribution in [3.05, 3.63) is 18.2 Å². The van der Waals surface area contributed by atoms with E-state index in [4.69, 9.17) is 4.74 Å². The fraction of sp³-hybridized carbons (Fsp3) is 0.708. The van der Waals surface area contributed by atoms with Gasteiger partial charge in [-0.2, -0.15) is 13.2 Å². The predicted molar refractivity (Wildman–Crippen MR) is 134 cm³/mol. The van der Waals surface area contributed by atoms with E-state index >= 15 is 0 Å². The molecule has 2 aliphatic rings. The van der Waals surface area contributed by atoms with Gasteiger partial charge in [0.05, 0.1) is 11.7 Å². The fourth-order valence-corrected chi connectivity index (χ4v) is 5.48. The zero-order chi connectivity index (χ0) is 27.4. The van der Waals surface area contributed by atoms with Gasteiger partial charge >= 0.3 is 12.3 Å². The number of aliphatic hydroxyl groups excluding tert-OH is 1. The van der Waals surface area contributed by atoms with Gasteiger partial charge in [-0.1, -0.05) is 19.3 Å². The van der Waals surface area contributed by atoms with E-state index in [9.17, 15) is 31.5 Å². The molecule has 1 aromatic carbocycles. The fourth-order valence-electron chi connectivity index (χ4n) is 4.32. The zero-order valence-corrected chi connectivity index (χ0v) is 22.1. The molecule has 2 atom stereocenters. The number of rotatable bonds is 10. The number of hydrogen-bond donors (Lipinski definition) is 5. The first-order chi connectivity index (χ1) is 17.1. The van der Waals surface area contributed by atoms with Gasteiger partial charge in [0.1, 0.15) is 23.3 Å². The molecule has 2 saturated carbocycles. The van der Waals surface area contributed by atoms with Crippen molar-refractivity contribution in [2.75, 3.05) is 17.2 Å². The number of ether oxygens (including phenoxy) is 1. The van der Waals surface area contributed by atoms with Crippen LogP contribution in [0, 0.1) is 5.92 Å². The van der Waals surface area contributed by atoms with Crippen molar-refractivity contribution in [3.8, 4) is 0 Å². The van der Waals surface area contributed by atoms with E-state index in [1.54, 1.807) is 25.5 Å². The van der Waals surface area contributed by atoms with Gasteiger partial charge in [0.2, 0.25) is 10.0 Å². The first-order valence-electron chi connectivity index (χ1n) is 12.5. The van der Waals surface area contributed by atoms with Crippen molar-refractivity contribution in [1.82, 2.24) is 10.0 Å². The summed E-state index contributed by atoms with van der Waals surface area (Å²) in [5.41, 5.74) is -0.245. The van der Waals surface area contributed by atoms with Crippen molar-refractivity contribution < 1.29 is 36.2 Å². The Hall–Kier alpha value is -2.25. The SMILES string of the molecule is CC(C)(C)OC(=O)N[C@@H](C1CCCCC1)[C@H](O)Nc1ccc(S(=O)(=O)NCC(F)(F)F)c(NC2CC2)c1. The van der Waals surface area contributed by atoms with Crippen LogP contribution in [0.1, 0.15) is 65.7 Å². The molecule has 2 fully saturated rings. The average Bonchev–Trinajstić information content (AvgIpc) is 3.59. The number of amides is 1. The van der Waals surface area contributed by atoms with Gasteiger partial charge in [0.25, 0.3) is 0 Å². The summed E-state index contributed by atoms with van der Waals surface area (Å²) in [7, 11) is -4.45. The minimum absolute atomic E-state index is 0.000882. The Morgan fingerprint density at radius 1 is 1.11 bits per heavy atom. The van der Waals surface area contributed by atoms with E-state index in [1.165, 1.54) is 18.2 Å². The maximum Gasteiger partial charge on any atom is 0.408 e. The van der Waals surface area contributed by atoms with Crippen LogP contribution in [0.15, 0.2) is 23.1 Å². The van der Waals surface area contributed by atoms with Crippen LogP contribution in [0.2, 0.25) is 0 Å². The molecule has 3 rings (SSSR count). The lowest BCUT2D eigenvalue weighted by Gasteiger charge is -2.35. The number of benzene rings is 1. The van der Waals surface area contributed by atoms with Gasteiger partial charge in [0, 0.05) is 11.7 Å². The second-order valence-electron chi connectivity index (χ2n) is 10.7. The monoisotopic (exact) mass is 550 g/mol. The van der Waals surface area contributed by atoms with Crippen LogP contribution < -0.4 is 20.7 Å². The van der Waals surface area contributed by atoms with Gasteiger partial charge in [-0.3, -0.25) is 0 Å². The van der Waals surface area contributed by atoms with Crippen molar-refractivity contribution in [2.24, 2.45) is 5.92 Å². The van der Waals surface area contributed by atoms with Gasteiger partial charge in [-0.25, -0.2) is 17.9 Å². The maximum atomic E-state index is 12.6. The van der Waals surface area contributed by atoms with Crippen molar-refractivity contribution in [2.45, 2.75) is 101 Å². The molecule has 13 heteroatoms. The number of alkyl carbamates (subject to hydrolysis) is 1. The molecule has 37 heavy (non-hydrogen) atoms. The van der Waals surface area contributed by atoms with E-state index in [0.29, 0.717) is 5.69 Å². The molecule has 0 spiro atoms. The molecule has 1 amide bonds. The molecule has 0 heterocycles. The van der Waals surface area contributed by atoms with Crippen molar-refractivity contribution in [1.29, 1.82) is 0 Å². The molecule has 2 aliphatic carbocycles. The number of carbonyl (C=O) groups is 1. The molecule has 0 bridgehead atoms. The van der Waals surface area contributed by atoms with Crippen molar-refractivity contribution in [3.63, 3.8) is 0 Å². The van der Waals surface area contributed by atoms with E-state index in [1.807, 2.05) is 0 Å². The van der Waals surface area contributed by atoms with E-state index in [0.717, 1.165) is 44.9 Å². The average molecular weight is 551 g/mol. The smallest absolute Gasteiger partial charge is 0.408 e. The van der Waals surface area contributed by atoms with E-state index < -0.39 is 46.7 Å². The molecule has 210 valence electrons. The second-order valence-corrected chi connectivity index (χ2v) is 12.5. The molecule has 9 nitrogen and oxygen atoms in total. The standard InChI is InChI=1S/C24H37F3N4O5S/c1-23(2,3)36-22(33)31-20(15-7-5-4-6-8-15)21(32)30-17-11-12-19(18(13-17)29-16-9-10-16)37(34,35)28-14-24(25,26)27/h11-13,15-16,20-21,28-30,32H,4-10,14H2,1-3H3,(H,31,33)/t20-,21-/m0/s1. The summed E-state index contributed by atoms with van der Waals surface area (Å²) in [4.78, 5) is 12.2. The third kappa shape index (κ3) is 9.53. The number of anilines is 2. The Labute approximate surface area is 216 Å². The number of nitrogens with one attached hydrogen (secondary N) is 4. The Kier molecular flexibility index (Phi) is 9.23. The Bertz CT molecular complexity index is 1040. The van der Waals surface area contributed by atoms with E-state index in [2.05, 4.69) is 16.0 Å². The maximum absolute atomic E-state index is 12.6. The summed E-state index contributed by atoms with van der Waals surface area (Å²) in [6.07, 6.45) is -0.323. The van der Waals surface area contributed by atoms with Crippen LogP contribution >= 0.6 is 0 Å². The Morgan fingerprint density at radius 3 is 2.32 bits per heavy atom. The van der Waals surface area contributed by atoms with Crippen LogP contribution in [0.4, 0.5) is 29.3 Å². The van der Waals surface area contributed by atoms with Gasteiger partial charge in [-0.15, -0.1) is 0 Å². The van der Waals surface area contributed by atoms with Crippen LogP contribution in [0.25, 0.3) is 0 Å². The number of aliphatic hydroxyl groups is 1. The Morgan fingerprint density at radius 2 is 1.76 bits per heavy atom. The quantitative estimate of drug-likeness (QED) is 0.275. The molecule has 0 radical (unpaired) electrons. The third-order valence-electron chi connectivity index (χ3n) is 6.16. The summed E-state index contributed by atoms with van der Waals surface area (Å²) < 4.78 is 70.0. The molecule has 0 unspecified atom stereocenters. The number of alkyl halides is 3. The molecule has 0 saturated heterocycles. The van der Waals surface area contributed by atoms with Gasteiger partial charge in [0.15, 0.2) is 0 Å². The summed E-state index contributed by atoms with van der Waals surface area (Å²) in [6, 6.07) is 3.34. The number of hydrogen-bond acceptors (Lipinski definition) is 7. The lowest BCUT2D eigenvalue weighted by molar-refractivity contribution is -0.121. The highest BCUT2D eigenvalue weighted by Gasteiger charge is 2.34. The second kappa shape index (κ2) is 11.6. The highest BCUT2D eigenvalue weighted by Crippen LogP contribution is 2.33. The number of carbonyl (C=O) groups excluding carboxylic acids is 1. The highest BCUT2D eigenvalue weighted by molar-refractivity contribution is 7.89. The van der Waals surface area contributed by atoms with E-state index in [-0.39, 0.29) is 22.5 Å². The molecule has 0 aliphatic heterocycles. The summed E-state index contributed by atoms with van der Waals surface area (Å²) in [5, 5.41) is 19.8. The van der Waals surface area contributed by atoms with Gasteiger partial charge in [-0.05, 0) is 70.6 Å². The lowest BCUT2D eigenvalue weighted by Crippen LogP contribution is -2.52. The summed E-state index contributed by atoms with van der Waals surface area (Å²) in [5.74, 6) is -0.000882. The predicted octanol–water partition coefficient (Wildman–Crippen LogP) is 4.31. The molecule has 1 aromatic rings. The highest BCUT2D eigenvalue weighted by atomic mass is 32.2. The number of halogens is 3. The number of sulfonamides is 1. The minimum atomic E-state index is -4.70. The van der Waals surface area contributed by atoms with Crippen LogP contribution in [-0.2, 0) is 14.8 Å². The minimum Gasteiger partial charge on any atom is -0.444 e. The van der Waals surface area contributed by atoms with Crippen molar-refractivity contribution >= 4 is 27.5 Å². The normalized spacial score (nSPS) is 19.1. The first kappa shape index (κ1) is 29.3. The van der Waals surface area contributed by atoms with Gasteiger partial charge < -0.3 is 25.8 Å². The topological polar surface area (TPSA) is 129 Å². The van der Waals surface area contributed by atoms with Crippen LogP contribution in [0.5, 0.6) is 0 Å². The summed E-state index contributed by atoms with van der Waals surface area (Å²) in [6.45, 7) is 3.54. The summed E-state index contributed by atoms with van der Waals surface area (Å²) >= 11 is 0. The van der Waals surface area contributed by atoms with Crippen LogP contribution in [0.3, 0.4) is 0 Å². The van der Waals surface area contributed by atoms with Crippen LogP contribution in [-0.4, -0.2) is 56.3 Å². The zero-order valence-electron chi connectivity index (χ0n) is 21.3. The lowest BCUT2D eigenvalue weighted by atomic mass is 9.83. The molecular formula is C24H37F3N4O5S. The molecule has 0 aromatic heterocycles. The molecule has 5 N–H and O–H groups in total. The largest absolute Gasteiger partial charge is 0.444 e. The Balaban J connectivity index is 1.80. The third-order valence-corrected chi connectivity index (χ3v) is 7.62.